The van der Waals surface area contributed by atoms with Crippen molar-refractivity contribution in [3.05, 3.63) is 77.6 Å². The van der Waals surface area contributed by atoms with Crippen molar-refractivity contribution < 1.29 is 23.2 Å². The normalized spacial score (nSPS) is 10.8. The molecule has 2 aromatic heterocycles. The van der Waals surface area contributed by atoms with Crippen molar-refractivity contribution in [2.45, 2.75) is 11.5 Å². The van der Waals surface area contributed by atoms with Crippen LogP contribution in [0.3, 0.4) is 0 Å². The molecule has 152 valence electrons. The number of thioether (sulfide) groups is 2. The maximum Gasteiger partial charge on any atom is 0.254 e. The van der Waals surface area contributed by atoms with E-state index in [0.717, 1.165) is 34.7 Å². The second kappa shape index (κ2) is 11.2. The Balaban J connectivity index is 1.69. The summed E-state index contributed by atoms with van der Waals surface area (Å²) in [5.41, 5.74) is 1.85. The van der Waals surface area contributed by atoms with E-state index in [0.29, 0.717) is 41.9 Å². The lowest BCUT2D eigenvalue weighted by Gasteiger charge is -2.12. The van der Waals surface area contributed by atoms with Crippen LogP contribution in [-0.4, -0.2) is 23.4 Å². The van der Waals surface area contributed by atoms with E-state index in [1.54, 1.807) is 24.3 Å². The van der Waals surface area contributed by atoms with Gasteiger partial charge in [-0.25, -0.2) is 4.84 Å². The number of carbonyl (C=O) groups is 2. The van der Waals surface area contributed by atoms with Gasteiger partial charge in [0.25, 0.3) is 10.2 Å². The fraction of sp³-hybridized carbons (Fsp3) is 0.200. The Kier molecular flexibility index (Phi) is 8.30. The zero-order chi connectivity index (χ0) is 20.5. The number of hydrogen-bond donors (Lipinski definition) is 1. The largest absolute Gasteiger partial charge is 0.492 e. The van der Waals surface area contributed by atoms with Crippen LogP contribution in [0.1, 0.15) is 32.2 Å². The second-order valence-electron chi connectivity index (χ2n) is 5.77. The Morgan fingerprint density at radius 2 is 1.55 bits per heavy atom. The Labute approximate surface area is 181 Å². The summed E-state index contributed by atoms with van der Waals surface area (Å²) < 4.78 is 15.9. The van der Waals surface area contributed by atoms with Gasteiger partial charge < -0.3 is 13.6 Å². The van der Waals surface area contributed by atoms with Gasteiger partial charge in [-0.1, -0.05) is 29.6 Å². The minimum absolute atomic E-state index is 0.145. The highest BCUT2D eigenvalue weighted by molar-refractivity contribution is 8.13. The minimum Gasteiger partial charge on any atom is -0.492 e. The average molecular weight is 452 g/mol. The first-order valence-corrected chi connectivity index (χ1v) is 11.0. The summed E-state index contributed by atoms with van der Waals surface area (Å²) >= 11 is 7.73. The van der Waals surface area contributed by atoms with Gasteiger partial charge in [-0.15, -0.1) is 0 Å². The molecule has 0 radical (unpaired) electrons. The third-order valence-electron chi connectivity index (χ3n) is 3.81. The molecule has 0 aliphatic heterocycles. The van der Waals surface area contributed by atoms with Crippen molar-refractivity contribution in [2.75, 3.05) is 13.2 Å². The van der Waals surface area contributed by atoms with E-state index in [4.69, 9.17) is 25.3 Å². The van der Waals surface area contributed by atoms with Gasteiger partial charge >= 0.3 is 0 Å². The number of halogens is 1. The van der Waals surface area contributed by atoms with Crippen LogP contribution >= 0.6 is 35.3 Å². The van der Waals surface area contributed by atoms with E-state index in [-0.39, 0.29) is 10.2 Å². The van der Waals surface area contributed by atoms with Gasteiger partial charge in [0.2, 0.25) is 0 Å². The predicted octanol–water partition coefficient (Wildman–Crippen LogP) is 5.14. The maximum absolute atomic E-state index is 12.3. The summed E-state index contributed by atoms with van der Waals surface area (Å²) in [7, 11) is 0. The molecule has 0 unspecified atom stereocenters. The van der Waals surface area contributed by atoms with Crippen molar-refractivity contribution in [1.82, 2.24) is 4.84 Å². The van der Waals surface area contributed by atoms with Crippen LogP contribution in [0.15, 0.2) is 63.8 Å². The predicted molar refractivity (Wildman–Crippen MR) is 114 cm³/mol. The lowest BCUT2D eigenvalue weighted by atomic mass is 10.1. The fourth-order valence-electron chi connectivity index (χ4n) is 2.39. The molecule has 2 heterocycles. The molecule has 0 saturated heterocycles. The highest BCUT2D eigenvalue weighted by Crippen LogP contribution is 2.28. The van der Waals surface area contributed by atoms with Gasteiger partial charge in [0.1, 0.15) is 12.4 Å². The number of ether oxygens (including phenoxy) is 1. The van der Waals surface area contributed by atoms with E-state index < -0.39 is 0 Å². The molecule has 0 bridgehead atoms. The summed E-state index contributed by atoms with van der Waals surface area (Å²) in [6.45, 7) is 0.907. The smallest absolute Gasteiger partial charge is 0.254 e. The van der Waals surface area contributed by atoms with E-state index in [1.807, 2.05) is 18.2 Å². The number of hydrogen-bond acceptors (Lipinski definition) is 8. The van der Waals surface area contributed by atoms with Crippen molar-refractivity contribution in [2.24, 2.45) is 0 Å². The summed E-state index contributed by atoms with van der Waals surface area (Å²) in [6, 6.07) is 12.2. The van der Waals surface area contributed by atoms with Crippen molar-refractivity contribution >= 4 is 45.5 Å². The van der Waals surface area contributed by atoms with Gasteiger partial charge in [0.05, 0.1) is 12.5 Å². The van der Waals surface area contributed by atoms with Crippen LogP contribution in [0.2, 0.25) is 0 Å². The molecule has 6 nitrogen and oxygen atoms in total. The summed E-state index contributed by atoms with van der Waals surface area (Å²) in [5.74, 6) is 2.17. The molecule has 0 aliphatic rings. The lowest BCUT2D eigenvalue weighted by molar-refractivity contribution is 0.105. The van der Waals surface area contributed by atoms with E-state index in [2.05, 4.69) is 4.84 Å². The van der Waals surface area contributed by atoms with Gasteiger partial charge in [0, 0.05) is 18.1 Å². The van der Waals surface area contributed by atoms with Crippen molar-refractivity contribution in [3.63, 3.8) is 0 Å². The Morgan fingerprint density at radius 3 is 2.10 bits per heavy atom. The topological polar surface area (TPSA) is 81.7 Å². The van der Waals surface area contributed by atoms with E-state index in [1.165, 1.54) is 12.5 Å². The van der Waals surface area contributed by atoms with E-state index >= 15 is 0 Å². The molecular weight excluding hydrogens is 434 g/mol. The SMILES string of the molecule is O=C(SCc1ccc(OCCNCl)cc1CSC(=O)c1ccco1)c1ccco1. The first kappa shape index (κ1) is 21.6. The van der Waals surface area contributed by atoms with Crippen molar-refractivity contribution in [1.29, 1.82) is 0 Å². The standard InChI is InChI=1S/C20H18ClNO5S2/c21-22-7-10-25-16-6-5-14(12-28-19(23)17-3-1-8-26-17)15(11-16)13-29-20(24)18-4-2-9-27-18/h1-6,8-9,11,22H,7,10,12-13H2. The second-order valence-corrected chi connectivity index (χ2v) is 7.93. The first-order valence-electron chi connectivity index (χ1n) is 8.66. The summed E-state index contributed by atoms with van der Waals surface area (Å²) in [5, 5.41) is -0.299. The van der Waals surface area contributed by atoms with Crippen LogP contribution in [-0.2, 0) is 11.5 Å². The highest BCUT2D eigenvalue weighted by Gasteiger charge is 2.15. The molecule has 0 spiro atoms. The third-order valence-corrected chi connectivity index (χ3v) is 5.83. The molecular formula is C20H18ClNO5S2. The summed E-state index contributed by atoms with van der Waals surface area (Å²) in [4.78, 5) is 27.0. The summed E-state index contributed by atoms with van der Waals surface area (Å²) in [6.07, 6.45) is 2.94. The maximum atomic E-state index is 12.3. The zero-order valence-corrected chi connectivity index (χ0v) is 17.6. The molecule has 3 aromatic rings. The minimum atomic E-state index is -0.155. The highest BCUT2D eigenvalue weighted by atomic mass is 35.5. The molecule has 9 heteroatoms. The molecule has 0 fully saturated rings. The zero-order valence-electron chi connectivity index (χ0n) is 15.3. The Morgan fingerprint density at radius 1 is 0.931 bits per heavy atom. The van der Waals surface area contributed by atoms with E-state index in [9.17, 15) is 9.59 Å². The molecule has 0 amide bonds. The first-order chi connectivity index (χ1) is 14.2. The van der Waals surface area contributed by atoms with Gasteiger partial charge in [-0.2, -0.15) is 0 Å². The molecule has 0 aliphatic carbocycles. The van der Waals surface area contributed by atoms with Crippen LogP contribution < -0.4 is 9.57 Å². The van der Waals surface area contributed by atoms with Crippen LogP contribution in [0.4, 0.5) is 0 Å². The van der Waals surface area contributed by atoms with Crippen LogP contribution in [0.25, 0.3) is 0 Å². The number of carbonyl (C=O) groups excluding carboxylic acids is 2. The van der Waals surface area contributed by atoms with Gasteiger partial charge in [0.15, 0.2) is 11.5 Å². The quantitative estimate of drug-likeness (QED) is 0.335. The van der Waals surface area contributed by atoms with Gasteiger partial charge in [-0.05, 0) is 59.3 Å². The Bertz CT molecular complexity index is 929. The lowest BCUT2D eigenvalue weighted by Crippen LogP contribution is -2.11. The third kappa shape index (κ3) is 6.43. The number of benzene rings is 1. The number of nitrogens with one attached hydrogen (secondary N) is 1. The average Bonchev–Trinajstić information content (AvgIpc) is 3.45. The number of furan rings is 2. The van der Waals surface area contributed by atoms with Gasteiger partial charge in [-0.3, -0.25) is 9.59 Å². The van der Waals surface area contributed by atoms with Crippen molar-refractivity contribution in [3.8, 4) is 5.75 Å². The van der Waals surface area contributed by atoms with Crippen LogP contribution in [0, 0.1) is 0 Å². The fourth-order valence-corrected chi connectivity index (χ4v) is 4.11. The molecule has 0 atom stereocenters. The van der Waals surface area contributed by atoms with Crippen LogP contribution in [0.5, 0.6) is 5.75 Å². The molecule has 3 rings (SSSR count). The Hall–Kier alpha value is -2.13. The molecule has 0 saturated carbocycles. The molecule has 1 N–H and O–H groups in total. The molecule has 29 heavy (non-hydrogen) atoms. The number of rotatable bonds is 10. The molecule has 1 aromatic carbocycles. The monoisotopic (exact) mass is 451 g/mol.